The highest BCUT2D eigenvalue weighted by atomic mass is 19.1. The van der Waals surface area contributed by atoms with Gasteiger partial charge in [-0.3, -0.25) is 4.79 Å². The molecule has 0 amide bonds. The van der Waals surface area contributed by atoms with Crippen molar-refractivity contribution in [3.05, 3.63) is 65.7 Å². The predicted octanol–water partition coefficient (Wildman–Crippen LogP) is 3.05. The molecule has 80 valence electrons. The van der Waals surface area contributed by atoms with Crippen LogP contribution < -0.4 is 0 Å². The molecule has 0 aliphatic rings. The fourth-order valence-corrected chi connectivity index (χ4v) is 1.36. The Morgan fingerprint density at radius 1 is 1.25 bits per heavy atom. The van der Waals surface area contributed by atoms with Crippen LogP contribution in [0, 0.1) is 5.82 Å². The Bertz CT molecular complexity index is 514. The number of carbonyl (C=O) groups excluding carboxylic acids is 1. The molecule has 2 rings (SSSR count). The quantitative estimate of drug-likeness (QED) is 0.619. The lowest BCUT2D eigenvalue weighted by atomic mass is 10.2. The number of hydrogen-bond donors (Lipinski definition) is 1. The van der Waals surface area contributed by atoms with Crippen LogP contribution in [0.3, 0.4) is 0 Å². The van der Waals surface area contributed by atoms with Crippen LogP contribution in [0.25, 0.3) is 6.08 Å². The maximum absolute atomic E-state index is 12.8. The van der Waals surface area contributed by atoms with E-state index in [1.165, 1.54) is 18.2 Å². The molecule has 0 bridgehead atoms. The van der Waals surface area contributed by atoms with E-state index >= 15 is 0 Å². The van der Waals surface area contributed by atoms with Gasteiger partial charge in [-0.15, -0.1) is 0 Å². The summed E-state index contributed by atoms with van der Waals surface area (Å²) in [4.78, 5) is 14.4. The van der Waals surface area contributed by atoms with Gasteiger partial charge in [-0.1, -0.05) is 18.2 Å². The molecule has 0 fully saturated rings. The predicted molar refractivity (Wildman–Crippen MR) is 60.6 cm³/mol. The van der Waals surface area contributed by atoms with E-state index in [2.05, 4.69) is 4.98 Å². The normalized spacial score (nSPS) is 10.8. The molecule has 0 unspecified atom stereocenters. The third-order valence-electron chi connectivity index (χ3n) is 2.14. The maximum atomic E-state index is 12.8. The van der Waals surface area contributed by atoms with Gasteiger partial charge in [-0.25, -0.2) is 4.39 Å². The molecular weight excluding hydrogens is 205 g/mol. The van der Waals surface area contributed by atoms with E-state index in [-0.39, 0.29) is 11.6 Å². The monoisotopic (exact) mass is 215 g/mol. The Balaban J connectivity index is 2.13. The number of aromatic nitrogens is 1. The van der Waals surface area contributed by atoms with Crippen LogP contribution in [0.5, 0.6) is 0 Å². The molecule has 0 saturated carbocycles. The number of benzene rings is 1. The van der Waals surface area contributed by atoms with Gasteiger partial charge in [-0.2, -0.15) is 0 Å². The van der Waals surface area contributed by atoms with E-state index in [9.17, 15) is 9.18 Å². The molecule has 0 aliphatic heterocycles. The molecule has 2 nitrogen and oxygen atoms in total. The summed E-state index contributed by atoms with van der Waals surface area (Å²) in [6.45, 7) is 0. The second kappa shape index (κ2) is 4.57. The Hall–Kier alpha value is -2.16. The van der Waals surface area contributed by atoms with Gasteiger partial charge in [-0.05, 0) is 35.9 Å². The third-order valence-corrected chi connectivity index (χ3v) is 2.14. The number of nitrogens with one attached hydrogen (secondary N) is 1. The zero-order valence-corrected chi connectivity index (χ0v) is 8.48. The summed E-state index contributed by atoms with van der Waals surface area (Å²) < 4.78 is 12.8. The zero-order chi connectivity index (χ0) is 11.4. The number of H-pyrrole nitrogens is 1. The van der Waals surface area contributed by atoms with Gasteiger partial charge < -0.3 is 4.98 Å². The maximum Gasteiger partial charge on any atom is 0.201 e. The van der Waals surface area contributed by atoms with Gasteiger partial charge in [0.1, 0.15) is 5.82 Å². The van der Waals surface area contributed by atoms with Crippen molar-refractivity contribution < 1.29 is 9.18 Å². The van der Waals surface area contributed by atoms with E-state index in [4.69, 9.17) is 0 Å². The van der Waals surface area contributed by atoms with Crippen LogP contribution in [0.4, 0.5) is 4.39 Å². The molecule has 1 N–H and O–H groups in total. The van der Waals surface area contributed by atoms with Crippen molar-refractivity contribution >= 4 is 11.9 Å². The molecule has 0 spiro atoms. The molecule has 1 aromatic carbocycles. The van der Waals surface area contributed by atoms with Crippen molar-refractivity contribution in [1.29, 1.82) is 0 Å². The summed E-state index contributed by atoms with van der Waals surface area (Å²) >= 11 is 0. The van der Waals surface area contributed by atoms with Crippen molar-refractivity contribution in [2.75, 3.05) is 0 Å². The number of carbonyl (C=O) groups is 1. The molecular formula is C13H10FNO. The minimum atomic E-state index is -0.311. The smallest absolute Gasteiger partial charge is 0.201 e. The van der Waals surface area contributed by atoms with Crippen LogP contribution in [0.1, 0.15) is 16.1 Å². The molecule has 1 heterocycles. The molecule has 1 aromatic heterocycles. The molecule has 0 aliphatic carbocycles. The first-order valence-corrected chi connectivity index (χ1v) is 4.87. The lowest BCUT2D eigenvalue weighted by Gasteiger charge is -1.93. The van der Waals surface area contributed by atoms with Gasteiger partial charge in [0.15, 0.2) is 0 Å². The SMILES string of the molecule is O=C(/C=C/c1cccc(F)c1)c1ccc[nH]1. The number of allylic oxidation sites excluding steroid dienone is 1. The number of rotatable bonds is 3. The van der Waals surface area contributed by atoms with Crippen molar-refractivity contribution in [3.63, 3.8) is 0 Å². The van der Waals surface area contributed by atoms with Gasteiger partial charge in [0, 0.05) is 6.20 Å². The van der Waals surface area contributed by atoms with Crippen molar-refractivity contribution in [1.82, 2.24) is 4.98 Å². The summed E-state index contributed by atoms with van der Waals surface area (Å²) in [6, 6.07) is 9.53. The van der Waals surface area contributed by atoms with Crippen LogP contribution >= 0.6 is 0 Å². The fourth-order valence-electron chi connectivity index (χ4n) is 1.36. The fraction of sp³-hybridized carbons (Fsp3) is 0. The number of aromatic amines is 1. The second-order valence-corrected chi connectivity index (χ2v) is 3.34. The highest BCUT2D eigenvalue weighted by Crippen LogP contribution is 2.06. The van der Waals surface area contributed by atoms with Crippen LogP contribution in [0.2, 0.25) is 0 Å². The molecule has 0 radical (unpaired) electrons. The molecule has 3 heteroatoms. The first-order valence-electron chi connectivity index (χ1n) is 4.87. The lowest BCUT2D eigenvalue weighted by Crippen LogP contribution is -1.93. The van der Waals surface area contributed by atoms with Crippen molar-refractivity contribution in [2.24, 2.45) is 0 Å². The number of hydrogen-bond acceptors (Lipinski definition) is 1. The summed E-state index contributed by atoms with van der Waals surface area (Å²) in [5.74, 6) is -0.441. The van der Waals surface area contributed by atoms with Gasteiger partial charge >= 0.3 is 0 Å². The Morgan fingerprint density at radius 2 is 2.12 bits per heavy atom. The summed E-state index contributed by atoms with van der Waals surface area (Å²) in [7, 11) is 0. The Morgan fingerprint density at radius 3 is 2.81 bits per heavy atom. The minimum Gasteiger partial charge on any atom is -0.359 e. The average Bonchev–Trinajstić information content (AvgIpc) is 2.79. The second-order valence-electron chi connectivity index (χ2n) is 3.34. The lowest BCUT2D eigenvalue weighted by molar-refractivity contribution is 0.104. The van der Waals surface area contributed by atoms with E-state index in [0.29, 0.717) is 11.3 Å². The summed E-state index contributed by atoms with van der Waals surface area (Å²) in [6.07, 6.45) is 4.69. The topological polar surface area (TPSA) is 32.9 Å². The highest BCUT2D eigenvalue weighted by Gasteiger charge is 2.00. The summed E-state index contributed by atoms with van der Waals surface area (Å²) in [5, 5.41) is 0. The first-order chi connectivity index (χ1) is 7.75. The Labute approximate surface area is 92.4 Å². The molecule has 0 saturated heterocycles. The van der Waals surface area contributed by atoms with Gasteiger partial charge in [0.05, 0.1) is 5.69 Å². The van der Waals surface area contributed by atoms with E-state index in [0.717, 1.165) is 0 Å². The third kappa shape index (κ3) is 2.45. The van der Waals surface area contributed by atoms with Crippen molar-refractivity contribution in [3.8, 4) is 0 Å². The van der Waals surface area contributed by atoms with Gasteiger partial charge in [0.25, 0.3) is 0 Å². The van der Waals surface area contributed by atoms with Crippen molar-refractivity contribution in [2.45, 2.75) is 0 Å². The van der Waals surface area contributed by atoms with E-state index in [1.807, 2.05) is 0 Å². The molecule has 16 heavy (non-hydrogen) atoms. The number of ketones is 1. The standard InChI is InChI=1S/C13H10FNO/c14-11-4-1-3-10(9-11)6-7-13(16)12-5-2-8-15-12/h1-9,15H/b7-6+. The minimum absolute atomic E-state index is 0.130. The van der Waals surface area contributed by atoms with Crippen LogP contribution in [0.15, 0.2) is 48.7 Å². The van der Waals surface area contributed by atoms with Crippen LogP contribution in [-0.2, 0) is 0 Å². The Kier molecular flexibility index (Phi) is 2.96. The van der Waals surface area contributed by atoms with E-state index in [1.54, 1.807) is 36.5 Å². The highest BCUT2D eigenvalue weighted by molar-refractivity contribution is 6.05. The molecule has 0 atom stereocenters. The molecule has 2 aromatic rings. The van der Waals surface area contributed by atoms with E-state index < -0.39 is 0 Å². The van der Waals surface area contributed by atoms with Gasteiger partial charge in [0.2, 0.25) is 5.78 Å². The van der Waals surface area contributed by atoms with Crippen LogP contribution in [-0.4, -0.2) is 10.8 Å². The largest absolute Gasteiger partial charge is 0.359 e. The zero-order valence-electron chi connectivity index (χ0n) is 8.48. The number of halogens is 1. The average molecular weight is 215 g/mol. The first kappa shape index (κ1) is 10.4. The summed E-state index contributed by atoms with van der Waals surface area (Å²) in [5.41, 5.74) is 1.19.